The first-order chi connectivity index (χ1) is 12.6. The SMILES string of the molecule is CC(C)(C)c1ccc(S(=O)(=O)N2CCc3cc(C(=O)NO)ccc3C2)cc1. The van der Waals surface area contributed by atoms with Crippen LogP contribution in [0.25, 0.3) is 0 Å². The van der Waals surface area contributed by atoms with Gasteiger partial charge < -0.3 is 0 Å². The second-order valence-electron chi connectivity index (χ2n) is 7.79. The van der Waals surface area contributed by atoms with Crippen molar-refractivity contribution in [2.24, 2.45) is 0 Å². The van der Waals surface area contributed by atoms with Crippen LogP contribution < -0.4 is 5.48 Å². The predicted octanol–water partition coefficient (Wildman–Crippen LogP) is 2.85. The van der Waals surface area contributed by atoms with Crippen LogP contribution in [0, 0.1) is 0 Å². The summed E-state index contributed by atoms with van der Waals surface area (Å²) in [5.74, 6) is -0.577. The summed E-state index contributed by atoms with van der Waals surface area (Å²) < 4.78 is 27.5. The minimum absolute atomic E-state index is 0.0368. The highest BCUT2D eigenvalue weighted by Crippen LogP contribution is 2.28. The average Bonchev–Trinajstić information content (AvgIpc) is 2.65. The summed E-state index contributed by atoms with van der Waals surface area (Å²) in [6.07, 6.45) is 0.515. The van der Waals surface area contributed by atoms with Crippen LogP contribution in [-0.4, -0.2) is 30.4 Å². The van der Waals surface area contributed by atoms with Gasteiger partial charge in [-0.25, -0.2) is 13.9 Å². The molecule has 3 rings (SSSR count). The number of sulfonamides is 1. The summed E-state index contributed by atoms with van der Waals surface area (Å²) in [5.41, 5.74) is 4.80. The molecule has 0 aromatic heterocycles. The van der Waals surface area contributed by atoms with Gasteiger partial charge in [-0.05, 0) is 52.8 Å². The number of hydrogen-bond acceptors (Lipinski definition) is 4. The summed E-state index contributed by atoms with van der Waals surface area (Å²) >= 11 is 0. The zero-order chi connectivity index (χ0) is 19.8. The van der Waals surface area contributed by atoms with E-state index in [9.17, 15) is 13.2 Å². The Morgan fingerprint density at radius 1 is 1.07 bits per heavy atom. The summed E-state index contributed by atoms with van der Waals surface area (Å²) in [6, 6.07) is 12.1. The maximum absolute atomic E-state index is 13.0. The molecule has 144 valence electrons. The van der Waals surface area contributed by atoms with Crippen LogP contribution in [0.3, 0.4) is 0 Å². The lowest BCUT2D eigenvalue weighted by molar-refractivity contribution is 0.0706. The molecule has 2 N–H and O–H groups in total. The summed E-state index contributed by atoms with van der Waals surface area (Å²) in [5, 5.41) is 8.75. The molecule has 1 amide bonds. The molecule has 0 saturated heterocycles. The number of benzene rings is 2. The Balaban J connectivity index is 1.84. The molecule has 0 fully saturated rings. The molecule has 0 unspecified atom stereocenters. The topological polar surface area (TPSA) is 86.7 Å². The standard InChI is InChI=1S/C20H24N2O4S/c1-20(2,3)17-6-8-18(9-7-17)27(25,26)22-11-10-14-12-15(19(23)21-24)4-5-16(14)13-22/h4-9,12,24H,10-11,13H2,1-3H3,(H,21,23). The second-order valence-corrected chi connectivity index (χ2v) is 9.73. The quantitative estimate of drug-likeness (QED) is 0.625. The fourth-order valence-corrected chi connectivity index (χ4v) is 4.63. The van der Waals surface area contributed by atoms with Gasteiger partial charge in [0, 0.05) is 18.7 Å². The molecule has 2 aromatic rings. The first-order valence-electron chi connectivity index (χ1n) is 8.80. The van der Waals surface area contributed by atoms with Crippen molar-refractivity contribution in [2.45, 2.75) is 44.0 Å². The lowest BCUT2D eigenvalue weighted by Gasteiger charge is -2.28. The fourth-order valence-electron chi connectivity index (χ4n) is 3.21. The Morgan fingerprint density at radius 3 is 2.33 bits per heavy atom. The molecule has 0 atom stereocenters. The Morgan fingerprint density at radius 2 is 1.74 bits per heavy atom. The van der Waals surface area contributed by atoms with Gasteiger partial charge in [-0.15, -0.1) is 0 Å². The fraction of sp³-hybridized carbons (Fsp3) is 0.350. The Hall–Kier alpha value is -2.22. The first kappa shape index (κ1) is 19.5. The summed E-state index contributed by atoms with van der Waals surface area (Å²) in [6.45, 7) is 6.87. The predicted molar refractivity (Wildman–Crippen MR) is 102 cm³/mol. The molecule has 1 aliphatic heterocycles. The summed E-state index contributed by atoms with van der Waals surface area (Å²) in [4.78, 5) is 11.8. The van der Waals surface area contributed by atoms with E-state index in [4.69, 9.17) is 5.21 Å². The third kappa shape index (κ3) is 3.90. The molecular formula is C20H24N2O4S. The molecule has 1 aliphatic rings. The maximum Gasteiger partial charge on any atom is 0.274 e. The first-order valence-corrected chi connectivity index (χ1v) is 10.2. The normalized spacial score (nSPS) is 15.3. The van der Waals surface area contributed by atoms with E-state index in [0.29, 0.717) is 18.5 Å². The van der Waals surface area contributed by atoms with Gasteiger partial charge in [0.15, 0.2) is 0 Å². The lowest BCUT2D eigenvalue weighted by atomic mass is 9.87. The van der Waals surface area contributed by atoms with Crippen LogP contribution in [0.15, 0.2) is 47.4 Å². The largest absolute Gasteiger partial charge is 0.288 e. The monoisotopic (exact) mass is 388 g/mol. The second kappa shape index (κ2) is 7.07. The van der Waals surface area contributed by atoms with Crippen LogP contribution in [0.1, 0.15) is 47.8 Å². The molecule has 1 heterocycles. The van der Waals surface area contributed by atoms with Crippen LogP contribution >= 0.6 is 0 Å². The van der Waals surface area contributed by atoms with Gasteiger partial charge in [-0.2, -0.15) is 4.31 Å². The highest BCUT2D eigenvalue weighted by Gasteiger charge is 2.29. The minimum atomic E-state index is -3.58. The van der Waals surface area contributed by atoms with Crippen LogP contribution in [0.2, 0.25) is 0 Å². The molecule has 27 heavy (non-hydrogen) atoms. The third-order valence-electron chi connectivity index (χ3n) is 4.91. The van der Waals surface area contributed by atoms with Gasteiger partial charge in [0.1, 0.15) is 0 Å². The Kier molecular flexibility index (Phi) is 5.12. The van der Waals surface area contributed by atoms with Crippen molar-refractivity contribution in [2.75, 3.05) is 6.54 Å². The smallest absolute Gasteiger partial charge is 0.274 e. The van der Waals surface area contributed by atoms with Gasteiger partial charge in [-0.1, -0.05) is 39.0 Å². The van der Waals surface area contributed by atoms with Gasteiger partial charge in [-0.3, -0.25) is 10.0 Å². The van der Waals surface area contributed by atoms with Crippen molar-refractivity contribution in [1.29, 1.82) is 0 Å². The molecule has 7 heteroatoms. The zero-order valence-electron chi connectivity index (χ0n) is 15.7. The highest BCUT2D eigenvalue weighted by atomic mass is 32.2. The lowest BCUT2D eigenvalue weighted by Crippen LogP contribution is -2.36. The van der Waals surface area contributed by atoms with Crippen molar-refractivity contribution < 1.29 is 18.4 Å². The molecular weight excluding hydrogens is 364 g/mol. The molecule has 0 aliphatic carbocycles. The van der Waals surface area contributed by atoms with E-state index >= 15 is 0 Å². The van der Waals surface area contributed by atoms with Crippen LogP contribution in [0.5, 0.6) is 0 Å². The van der Waals surface area contributed by atoms with E-state index in [0.717, 1.165) is 16.7 Å². The average molecular weight is 388 g/mol. The number of hydroxylamine groups is 1. The zero-order valence-corrected chi connectivity index (χ0v) is 16.5. The van der Waals surface area contributed by atoms with Gasteiger partial charge >= 0.3 is 0 Å². The van der Waals surface area contributed by atoms with Crippen molar-refractivity contribution >= 4 is 15.9 Å². The minimum Gasteiger partial charge on any atom is -0.288 e. The Labute approximate surface area is 159 Å². The van der Waals surface area contributed by atoms with Crippen LogP contribution in [0.4, 0.5) is 0 Å². The van der Waals surface area contributed by atoms with E-state index in [-0.39, 0.29) is 16.9 Å². The number of carbonyl (C=O) groups excluding carboxylic acids is 1. The molecule has 0 saturated carbocycles. The molecule has 2 aromatic carbocycles. The number of rotatable bonds is 3. The number of nitrogens with one attached hydrogen (secondary N) is 1. The van der Waals surface area contributed by atoms with E-state index in [1.54, 1.807) is 35.8 Å². The number of hydrogen-bond donors (Lipinski definition) is 2. The van der Waals surface area contributed by atoms with E-state index in [2.05, 4.69) is 20.8 Å². The third-order valence-corrected chi connectivity index (χ3v) is 6.76. The number of carbonyl (C=O) groups is 1. The highest BCUT2D eigenvalue weighted by molar-refractivity contribution is 7.89. The number of fused-ring (bicyclic) bond motifs is 1. The van der Waals surface area contributed by atoms with Crippen molar-refractivity contribution in [3.05, 3.63) is 64.7 Å². The number of nitrogens with zero attached hydrogens (tertiary/aromatic N) is 1. The Bertz CT molecular complexity index is 960. The van der Waals surface area contributed by atoms with Crippen molar-refractivity contribution in [3.63, 3.8) is 0 Å². The van der Waals surface area contributed by atoms with Gasteiger partial charge in [0.05, 0.1) is 4.90 Å². The molecule has 0 radical (unpaired) electrons. The molecule has 0 bridgehead atoms. The molecule has 0 spiro atoms. The van der Waals surface area contributed by atoms with E-state index in [1.807, 2.05) is 12.1 Å². The van der Waals surface area contributed by atoms with E-state index < -0.39 is 15.9 Å². The van der Waals surface area contributed by atoms with Crippen LogP contribution in [-0.2, 0) is 28.4 Å². The van der Waals surface area contributed by atoms with Crippen molar-refractivity contribution in [1.82, 2.24) is 9.79 Å². The van der Waals surface area contributed by atoms with Gasteiger partial charge in [0.2, 0.25) is 10.0 Å². The number of amides is 1. The molecule has 6 nitrogen and oxygen atoms in total. The van der Waals surface area contributed by atoms with E-state index in [1.165, 1.54) is 4.31 Å². The van der Waals surface area contributed by atoms with Crippen molar-refractivity contribution in [3.8, 4) is 0 Å². The maximum atomic E-state index is 13.0. The summed E-state index contributed by atoms with van der Waals surface area (Å²) in [7, 11) is -3.58. The van der Waals surface area contributed by atoms with Gasteiger partial charge in [0.25, 0.3) is 5.91 Å².